The highest BCUT2D eigenvalue weighted by molar-refractivity contribution is 5.43. The van der Waals surface area contributed by atoms with Gasteiger partial charge in [0.2, 0.25) is 0 Å². The summed E-state index contributed by atoms with van der Waals surface area (Å²) in [7, 11) is 0. The fourth-order valence-corrected chi connectivity index (χ4v) is 7.28. The highest BCUT2D eigenvalue weighted by Gasteiger charge is 2.59. The molecule has 0 aliphatic heterocycles. The molecule has 2 nitrogen and oxygen atoms in total. The summed E-state index contributed by atoms with van der Waals surface area (Å²) in [5.41, 5.74) is 4.35. The van der Waals surface area contributed by atoms with Crippen molar-refractivity contribution >= 4 is 0 Å². The second-order valence-corrected chi connectivity index (χ2v) is 9.88. The minimum atomic E-state index is -0.238. The molecular weight excluding hydrogens is 356 g/mol. The number of aliphatic hydroxyl groups excluding tert-OH is 1. The van der Waals surface area contributed by atoms with Crippen LogP contribution in [-0.2, 0) is 6.42 Å². The molecule has 0 saturated heterocycles. The lowest BCUT2D eigenvalue weighted by molar-refractivity contribution is 0.0307. The third kappa shape index (κ3) is 2.95. The Kier molecular flexibility index (Phi) is 4.58. The summed E-state index contributed by atoms with van der Waals surface area (Å²) >= 11 is 0. The number of hydrogen-bond donors (Lipinski definition) is 2. The van der Waals surface area contributed by atoms with Crippen LogP contribution in [0.2, 0.25) is 0 Å². The lowest BCUT2D eigenvalue weighted by atomic mass is 9.51. The molecule has 7 atom stereocenters. The first-order valence-corrected chi connectivity index (χ1v) is 11.2. The molecule has 0 aromatic heterocycles. The molecule has 2 heteroatoms. The summed E-state index contributed by atoms with van der Waals surface area (Å²) in [6.07, 6.45) is 8.41. The van der Waals surface area contributed by atoms with E-state index in [0.29, 0.717) is 29.4 Å². The number of aromatic hydroxyl groups is 1. The van der Waals surface area contributed by atoms with Crippen molar-refractivity contribution in [2.75, 3.05) is 0 Å². The van der Waals surface area contributed by atoms with Gasteiger partial charge in [0, 0.05) is 5.92 Å². The van der Waals surface area contributed by atoms with Crippen molar-refractivity contribution in [3.63, 3.8) is 0 Å². The topological polar surface area (TPSA) is 40.5 Å². The zero-order chi connectivity index (χ0) is 20.2. The van der Waals surface area contributed by atoms with Gasteiger partial charge in [-0.25, -0.2) is 0 Å². The van der Waals surface area contributed by atoms with Crippen molar-refractivity contribution < 1.29 is 10.2 Å². The standard InChI is InChI=1S/C27H32O2/c1-3-7-22-24(29)16-27(2)13-12-21-20-11-10-19(28)14-18(20)15-23(25(21)26(22)27)17-8-5-4-6-9-17/h3-11,14,21-26,28-29H,12-13,15-16H2,1-2H3/t21-,22-,23+,24-,25+,26+,27-/m1/s1. The third-order valence-electron chi connectivity index (χ3n) is 8.32. The van der Waals surface area contributed by atoms with Gasteiger partial charge in [-0.05, 0) is 90.5 Å². The Labute approximate surface area is 174 Å². The Hall–Kier alpha value is -2.06. The minimum Gasteiger partial charge on any atom is -0.508 e. The molecule has 0 bridgehead atoms. The summed E-state index contributed by atoms with van der Waals surface area (Å²) in [5.74, 6) is 2.55. The Morgan fingerprint density at radius 2 is 1.86 bits per heavy atom. The van der Waals surface area contributed by atoms with Crippen molar-refractivity contribution in [2.45, 2.75) is 57.5 Å². The number of allylic oxidation sites excluding steroid dienone is 1. The molecule has 152 valence electrons. The summed E-state index contributed by atoms with van der Waals surface area (Å²) in [4.78, 5) is 0. The predicted octanol–water partition coefficient (Wildman–Crippen LogP) is 5.81. The molecule has 2 aromatic carbocycles. The average Bonchev–Trinajstić information content (AvgIpc) is 2.97. The van der Waals surface area contributed by atoms with Crippen LogP contribution >= 0.6 is 0 Å². The largest absolute Gasteiger partial charge is 0.508 e. The SMILES string of the molecule is CC=C[C@H]1[C@H]2[C@H]3[C@H](CC[C@]2(C)C[C@H]1O)c1ccc(O)cc1C[C@H]3c1ccccc1. The van der Waals surface area contributed by atoms with Crippen LogP contribution < -0.4 is 0 Å². The fourth-order valence-electron chi connectivity index (χ4n) is 7.28. The lowest BCUT2D eigenvalue weighted by Gasteiger charge is -2.53. The van der Waals surface area contributed by atoms with Gasteiger partial charge in [0.15, 0.2) is 0 Å². The Bertz CT molecular complexity index is 917. The van der Waals surface area contributed by atoms with Crippen molar-refractivity contribution in [3.05, 3.63) is 77.4 Å². The van der Waals surface area contributed by atoms with E-state index in [1.807, 2.05) is 12.1 Å². The first-order chi connectivity index (χ1) is 14.0. The molecule has 0 spiro atoms. The van der Waals surface area contributed by atoms with Crippen molar-refractivity contribution in [1.29, 1.82) is 0 Å². The highest BCUT2D eigenvalue weighted by Crippen LogP contribution is 2.65. The fraction of sp³-hybridized carbons (Fsp3) is 0.481. The van der Waals surface area contributed by atoms with Gasteiger partial charge in [-0.2, -0.15) is 0 Å². The van der Waals surface area contributed by atoms with Gasteiger partial charge in [-0.15, -0.1) is 0 Å². The van der Waals surface area contributed by atoms with E-state index in [1.54, 1.807) is 0 Å². The molecule has 0 unspecified atom stereocenters. The normalized spacial score (nSPS) is 38.4. The van der Waals surface area contributed by atoms with E-state index in [4.69, 9.17) is 0 Å². The molecule has 2 fully saturated rings. The molecule has 2 aromatic rings. The van der Waals surface area contributed by atoms with Gasteiger partial charge >= 0.3 is 0 Å². The molecule has 2 N–H and O–H groups in total. The van der Waals surface area contributed by atoms with E-state index < -0.39 is 0 Å². The summed E-state index contributed by atoms with van der Waals surface area (Å²) in [6.45, 7) is 4.51. The van der Waals surface area contributed by atoms with Crippen LogP contribution in [0.5, 0.6) is 5.75 Å². The van der Waals surface area contributed by atoms with Crippen LogP contribution in [0.1, 0.15) is 61.6 Å². The first kappa shape index (κ1) is 18.9. The van der Waals surface area contributed by atoms with E-state index in [-0.39, 0.29) is 17.4 Å². The number of phenolic OH excluding ortho intramolecular Hbond substituents is 1. The highest BCUT2D eigenvalue weighted by atomic mass is 16.3. The Balaban J connectivity index is 1.67. The minimum absolute atomic E-state index is 0.201. The van der Waals surface area contributed by atoms with E-state index in [1.165, 1.54) is 29.5 Å². The molecule has 2 saturated carbocycles. The molecule has 29 heavy (non-hydrogen) atoms. The molecule has 0 radical (unpaired) electrons. The number of rotatable bonds is 2. The number of hydrogen-bond acceptors (Lipinski definition) is 2. The van der Waals surface area contributed by atoms with Gasteiger partial charge < -0.3 is 10.2 Å². The monoisotopic (exact) mass is 388 g/mol. The summed E-state index contributed by atoms with van der Waals surface area (Å²) < 4.78 is 0. The van der Waals surface area contributed by atoms with Gasteiger partial charge in [0.25, 0.3) is 0 Å². The second kappa shape index (κ2) is 7.02. The van der Waals surface area contributed by atoms with Crippen molar-refractivity contribution in [1.82, 2.24) is 0 Å². The quantitative estimate of drug-likeness (QED) is 0.638. The molecule has 3 aliphatic carbocycles. The Morgan fingerprint density at radius 1 is 1.07 bits per heavy atom. The maximum absolute atomic E-state index is 11.0. The maximum Gasteiger partial charge on any atom is 0.115 e. The van der Waals surface area contributed by atoms with E-state index >= 15 is 0 Å². The molecule has 5 rings (SSSR count). The maximum atomic E-state index is 11.0. The van der Waals surface area contributed by atoms with Gasteiger partial charge in [-0.3, -0.25) is 0 Å². The average molecular weight is 389 g/mol. The molecule has 0 amide bonds. The van der Waals surface area contributed by atoms with Crippen LogP contribution in [0.4, 0.5) is 0 Å². The van der Waals surface area contributed by atoms with Crippen LogP contribution in [0.25, 0.3) is 0 Å². The van der Waals surface area contributed by atoms with Crippen LogP contribution in [0.3, 0.4) is 0 Å². The van der Waals surface area contributed by atoms with Crippen LogP contribution in [0.15, 0.2) is 60.7 Å². The molecule has 0 heterocycles. The summed E-state index contributed by atoms with van der Waals surface area (Å²) in [5, 5.41) is 21.1. The van der Waals surface area contributed by atoms with E-state index in [9.17, 15) is 10.2 Å². The number of aliphatic hydroxyl groups is 1. The van der Waals surface area contributed by atoms with Crippen LogP contribution in [0, 0.1) is 23.2 Å². The number of phenols is 1. The van der Waals surface area contributed by atoms with Crippen molar-refractivity contribution in [3.8, 4) is 5.75 Å². The Morgan fingerprint density at radius 3 is 2.62 bits per heavy atom. The van der Waals surface area contributed by atoms with E-state index in [0.717, 1.165) is 12.8 Å². The van der Waals surface area contributed by atoms with Gasteiger partial charge in [-0.1, -0.05) is 55.5 Å². The zero-order valence-electron chi connectivity index (χ0n) is 17.5. The second-order valence-electron chi connectivity index (χ2n) is 9.88. The lowest BCUT2D eigenvalue weighted by Crippen LogP contribution is -2.45. The zero-order valence-corrected chi connectivity index (χ0v) is 17.5. The first-order valence-electron chi connectivity index (χ1n) is 11.2. The third-order valence-corrected chi connectivity index (χ3v) is 8.32. The summed E-state index contributed by atoms with van der Waals surface area (Å²) in [6, 6.07) is 17.0. The molecular formula is C27H32O2. The molecule has 3 aliphatic rings. The number of benzene rings is 2. The van der Waals surface area contributed by atoms with Crippen LogP contribution in [-0.4, -0.2) is 16.3 Å². The predicted molar refractivity (Wildman–Crippen MR) is 117 cm³/mol. The van der Waals surface area contributed by atoms with Gasteiger partial charge in [0.05, 0.1) is 6.10 Å². The van der Waals surface area contributed by atoms with E-state index in [2.05, 4.69) is 62.4 Å². The van der Waals surface area contributed by atoms with Gasteiger partial charge in [0.1, 0.15) is 5.75 Å². The van der Waals surface area contributed by atoms with Crippen molar-refractivity contribution in [2.24, 2.45) is 23.2 Å². The number of fused-ring (bicyclic) bond motifs is 5. The smallest absolute Gasteiger partial charge is 0.115 e.